The first kappa shape index (κ1) is 27.0. The molecule has 1 aliphatic rings. The highest BCUT2D eigenvalue weighted by molar-refractivity contribution is 6.46. The molecule has 0 radical (unpaired) electrons. The molecule has 9 heteroatoms. The van der Waals surface area contributed by atoms with Crippen LogP contribution >= 0.6 is 0 Å². The summed E-state index contributed by atoms with van der Waals surface area (Å²) in [5, 5.41) is 11.5. The van der Waals surface area contributed by atoms with Gasteiger partial charge in [0.25, 0.3) is 11.7 Å². The second-order valence-electron chi connectivity index (χ2n) is 8.64. The molecule has 2 heterocycles. The lowest BCUT2D eigenvalue weighted by Crippen LogP contribution is -2.38. The summed E-state index contributed by atoms with van der Waals surface area (Å²) in [6.45, 7) is 12.3. The smallest absolute Gasteiger partial charge is 0.354 e. The summed E-state index contributed by atoms with van der Waals surface area (Å²) in [5.41, 5.74) is 2.05. The maximum atomic E-state index is 13.4. The molecular weight excluding hydrogens is 462 g/mol. The normalized spacial score (nSPS) is 17.2. The molecule has 0 bridgehead atoms. The Hall–Kier alpha value is -3.59. The zero-order valence-corrected chi connectivity index (χ0v) is 21.8. The number of ether oxygens (including phenoxy) is 2. The number of aliphatic hydroxyl groups excluding tert-OH is 1. The summed E-state index contributed by atoms with van der Waals surface area (Å²) >= 11 is 0. The number of carbonyl (C=O) groups is 3. The third kappa shape index (κ3) is 5.02. The molecule has 1 aromatic heterocycles. The molecule has 2 N–H and O–H groups in total. The zero-order valence-electron chi connectivity index (χ0n) is 21.8. The number of aromatic nitrogens is 1. The molecule has 3 rings (SSSR count). The fourth-order valence-electron chi connectivity index (χ4n) is 4.73. The minimum absolute atomic E-state index is 0.0187. The average Bonchev–Trinajstić information content (AvgIpc) is 3.31. The number of aliphatic hydroxyl groups is 1. The number of ketones is 1. The number of amides is 1. The molecule has 1 atom stereocenters. The first-order chi connectivity index (χ1) is 17.2. The lowest BCUT2D eigenvalue weighted by molar-refractivity contribution is -0.140. The van der Waals surface area contributed by atoms with Gasteiger partial charge in [0.15, 0.2) is 0 Å². The Morgan fingerprint density at radius 2 is 1.86 bits per heavy atom. The van der Waals surface area contributed by atoms with Crippen LogP contribution < -0.4 is 4.74 Å². The van der Waals surface area contributed by atoms with E-state index < -0.39 is 23.7 Å². The molecule has 9 nitrogen and oxygen atoms in total. The number of rotatable bonds is 10. The minimum atomic E-state index is -0.809. The molecular formula is C27H35N3O6. The number of hydrogen-bond donors (Lipinski definition) is 2. The highest BCUT2D eigenvalue weighted by Crippen LogP contribution is 2.41. The van der Waals surface area contributed by atoms with Gasteiger partial charge in [-0.15, -0.1) is 0 Å². The van der Waals surface area contributed by atoms with E-state index in [0.717, 1.165) is 13.1 Å². The summed E-state index contributed by atoms with van der Waals surface area (Å²) in [7, 11) is 1.27. The predicted molar refractivity (Wildman–Crippen MR) is 136 cm³/mol. The van der Waals surface area contributed by atoms with Gasteiger partial charge in [-0.3, -0.25) is 9.59 Å². The number of aryl methyl sites for hydroxylation is 1. The van der Waals surface area contributed by atoms with E-state index >= 15 is 0 Å². The number of nitrogens with one attached hydrogen (secondary N) is 1. The van der Waals surface area contributed by atoms with E-state index in [1.165, 1.54) is 12.0 Å². The maximum Gasteiger partial charge on any atom is 0.354 e. The number of carbonyl (C=O) groups excluding carboxylic acids is 3. The lowest BCUT2D eigenvalue weighted by Gasteiger charge is -2.28. The van der Waals surface area contributed by atoms with E-state index in [1.807, 2.05) is 26.8 Å². The number of methoxy groups -OCH3 is 1. The van der Waals surface area contributed by atoms with Crippen molar-refractivity contribution < 1.29 is 29.0 Å². The number of Topliss-reactive ketones (excluding diaryl/α,β-unsaturated/α-hetero) is 1. The largest absolute Gasteiger partial charge is 0.507 e. The van der Waals surface area contributed by atoms with Crippen molar-refractivity contribution in [2.24, 2.45) is 0 Å². The van der Waals surface area contributed by atoms with E-state index in [1.54, 1.807) is 32.0 Å². The first-order valence-electron chi connectivity index (χ1n) is 12.2. The van der Waals surface area contributed by atoms with E-state index in [2.05, 4.69) is 9.88 Å². The number of hydrogen-bond acceptors (Lipinski definition) is 7. The van der Waals surface area contributed by atoms with E-state index in [9.17, 15) is 19.5 Å². The van der Waals surface area contributed by atoms with Crippen molar-refractivity contribution in [1.82, 2.24) is 14.8 Å². The van der Waals surface area contributed by atoms with E-state index in [-0.39, 0.29) is 17.0 Å². The fraction of sp³-hybridized carbons (Fsp3) is 0.444. The van der Waals surface area contributed by atoms with Crippen LogP contribution in [0.1, 0.15) is 59.7 Å². The molecule has 1 aliphatic heterocycles. The maximum absolute atomic E-state index is 13.4. The van der Waals surface area contributed by atoms with Gasteiger partial charge < -0.3 is 29.4 Å². The van der Waals surface area contributed by atoms with Crippen LogP contribution in [0.15, 0.2) is 29.8 Å². The highest BCUT2D eigenvalue weighted by atomic mass is 16.5. The average molecular weight is 498 g/mol. The Labute approximate surface area is 211 Å². The van der Waals surface area contributed by atoms with E-state index in [4.69, 9.17) is 9.47 Å². The number of benzene rings is 1. The van der Waals surface area contributed by atoms with Crippen molar-refractivity contribution in [3.8, 4) is 5.75 Å². The third-order valence-corrected chi connectivity index (χ3v) is 6.64. The standard InChI is InChI=1S/C27H35N3O6/c1-7-29(8-2)13-14-30-23(18-11-10-12-19(15-18)36-9-3)21(25(32)26(30)33)24(31)20-16(4)22(27(34)35-6)28-17(20)5/h10-12,15,23,28,31H,7-9,13-14H2,1-6H3. The Bertz CT molecular complexity index is 1180. The monoisotopic (exact) mass is 497 g/mol. The molecule has 1 aromatic carbocycles. The van der Waals surface area contributed by atoms with Crippen LogP contribution in [0.4, 0.5) is 0 Å². The number of nitrogens with zero attached hydrogens (tertiary/aromatic N) is 2. The van der Waals surface area contributed by atoms with Crippen molar-refractivity contribution >= 4 is 23.4 Å². The summed E-state index contributed by atoms with van der Waals surface area (Å²) in [5.74, 6) is -1.75. The van der Waals surface area contributed by atoms with Crippen molar-refractivity contribution in [1.29, 1.82) is 0 Å². The molecule has 1 unspecified atom stereocenters. The van der Waals surface area contributed by atoms with Gasteiger partial charge in [-0.1, -0.05) is 26.0 Å². The number of likely N-dealkylation sites (N-methyl/N-ethyl adjacent to an activating group) is 1. The summed E-state index contributed by atoms with van der Waals surface area (Å²) in [6, 6.07) is 6.39. The van der Waals surface area contributed by atoms with Crippen molar-refractivity contribution in [2.45, 2.75) is 40.7 Å². The second-order valence-corrected chi connectivity index (χ2v) is 8.64. The van der Waals surface area contributed by atoms with Gasteiger partial charge in [-0.05, 0) is 57.1 Å². The van der Waals surface area contributed by atoms with Gasteiger partial charge in [0.2, 0.25) is 0 Å². The molecule has 2 aromatic rings. The van der Waals surface area contributed by atoms with E-state index in [0.29, 0.717) is 47.8 Å². The van der Waals surface area contributed by atoms with Crippen molar-refractivity contribution in [3.63, 3.8) is 0 Å². The van der Waals surface area contributed by atoms with Crippen LogP contribution in [0.5, 0.6) is 5.75 Å². The summed E-state index contributed by atoms with van der Waals surface area (Å²) in [6.07, 6.45) is 0. The Kier molecular flexibility index (Phi) is 8.57. The molecule has 0 aliphatic carbocycles. The van der Waals surface area contributed by atoms with Gasteiger partial charge in [0.1, 0.15) is 17.2 Å². The summed E-state index contributed by atoms with van der Waals surface area (Å²) < 4.78 is 10.5. The number of H-pyrrole nitrogens is 1. The molecule has 194 valence electrons. The van der Waals surface area contributed by atoms with Crippen molar-refractivity contribution in [3.05, 3.63) is 57.9 Å². The second kappa shape index (κ2) is 11.4. The van der Waals surface area contributed by atoms with Crippen LogP contribution in [-0.4, -0.2) is 77.4 Å². The van der Waals surface area contributed by atoms with Crippen LogP contribution in [-0.2, 0) is 14.3 Å². The SMILES string of the molecule is CCOc1cccc(C2C(=C(O)c3c(C)[nH]c(C(=O)OC)c3C)C(=O)C(=O)N2CCN(CC)CC)c1. The molecule has 0 spiro atoms. The van der Waals surface area contributed by atoms with Crippen LogP contribution in [0.25, 0.3) is 5.76 Å². The zero-order chi connectivity index (χ0) is 26.6. The van der Waals surface area contributed by atoms with Gasteiger partial charge >= 0.3 is 5.97 Å². The Balaban J connectivity index is 2.20. The highest BCUT2D eigenvalue weighted by Gasteiger charge is 2.46. The lowest BCUT2D eigenvalue weighted by atomic mass is 9.94. The number of esters is 1. The van der Waals surface area contributed by atoms with Gasteiger partial charge in [-0.2, -0.15) is 0 Å². The molecule has 36 heavy (non-hydrogen) atoms. The predicted octanol–water partition coefficient (Wildman–Crippen LogP) is 3.58. The molecule has 1 saturated heterocycles. The van der Waals surface area contributed by atoms with Crippen LogP contribution in [0.3, 0.4) is 0 Å². The Morgan fingerprint density at radius 3 is 2.47 bits per heavy atom. The van der Waals surface area contributed by atoms with Crippen LogP contribution in [0.2, 0.25) is 0 Å². The topological polar surface area (TPSA) is 112 Å². The van der Waals surface area contributed by atoms with Gasteiger partial charge in [0, 0.05) is 24.3 Å². The minimum Gasteiger partial charge on any atom is -0.507 e. The van der Waals surface area contributed by atoms with Gasteiger partial charge in [0.05, 0.1) is 25.3 Å². The summed E-state index contributed by atoms with van der Waals surface area (Å²) in [4.78, 5) is 45.4. The Morgan fingerprint density at radius 1 is 1.17 bits per heavy atom. The van der Waals surface area contributed by atoms with Crippen molar-refractivity contribution in [2.75, 3.05) is 39.9 Å². The van der Waals surface area contributed by atoms with Crippen LogP contribution in [0, 0.1) is 13.8 Å². The first-order valence-corrected chi connectivity index (χ1v) is 12.2. The number of likely N-dealkylation sites (tertiary alicyclic amines) is 1. The molecule has 1 amide bonds. The third-order valence-electron chi connectivity index (χ3n) is 6.64. The molecule has 0 saturated carbocycles. The number of aromatic amines is 1. The van der Waals surface area contributed by atoms with Gasteiger partial charge in [-0.25, -0.2) is 4.79 Å². The fourth-order valence-corrected chi connectivity index (χ4v) is 4.73. The quantitative estimate of drug-likeness (QED) is 0.223. The molecule has 1 fully saturated rings.